The first-order valence-electron chi connectivity index (χ1n) is 11.8. The monoisotopic (exact) mass is 563 g/mol. The number of furan rings is 1. The van der Waals surface area contributed by atoms with Crippen molar-refractivity contribution in [2.45, 2.75) is 36.9 Å². The van der Waals surface area contributed by atoms with Crippen LogP contribution in [0.25, 0.3) is 22.2 Å². The van der Waals surface area contributed by atoms with Crippen LogP contribution in [0.1, 0.15) is 18.4 Å². The van der Waals surface area contributed by atoms with E-state index in [1.165, 1.54) is 48.7 Å². The zero-order chi connectivity index (χ0) is 27.8. The average Bonchev–Trinajstić information content (AvgIpc) is 3.55. The summed E-state index contributed by atoms with van der Waals surface area (Å²) in [4.78, 5) is 17.2. The summed E-state index contributed by atoms with van der Waals surface area (Å²) < 4.78 is 87.6. The summed E-state index contributed by atoms with van der Waals surface area (Å²) >= 11 is 0. The molecule has 3 heterocycles. The molecule has 0 unspecified atom stereocenters. The number of alkyl halides is 3. The summed E-state index contributed by atoms with van der Waals surface area (Å²) in [5.41, 5.74) is 1.87. The molecule has 8 nitrogen and oxygen atoms in total. The van der Waals surface area contributed by atoms with Crippen molar-refractivity contribution in [3.05, 3.63) is 78.2 Å². The van der Waals surface area contributed by atoms with Gasteiger partial charge in [-0.1, -0.05) is 0 Å². The third kappa shape index (κ3) is 5.88. The Morgan fingerprint density at radius 2 is 1.87 bits per heavy atom. The summed E-state index contributed by atoms with van der Waals surface area (Å²) in [7, 11) is -4.16. The maximum absolute atomic E-state index is 13.5. The SMILES string of the molecule is O=C(NCc1ccnc(-c2ccc(OC(F)(F)F)cc2)c1)[C@@H]1CCCN1S(=O)(=O)c1cc2cc(F)ccc2o1. The molecule has 2 aromatic carbocycles. The molecule has 0 bridgehead atoms. The average molecular weight is 564 g/mol. The zero-order valence-corrected chi connectivity index (χ0v) is 20.9. The van der Waals surface area contributed by atoms with E-state index >= 15 is 0 Å². The van der Waals surface area contributed by atoms with E-state index in [-0.39, 0.29) is 29.5 Å². The number of rotatable bonds is 7. The Labute approximate surface area is 220 Å². The molecule has 0 saturated carbocycles. The lowest BCUT2D eigenvalue weighted by Gasteiger charge is -2.22. The lowest BCUT2D eigenvalue weighted by Crippen LogP contribution is -2.45. The van der Waals surface area contributed by atoms with Gasteiger partial charge in [0.05, 0.1) is 5.69 Å². The largest absolute Gasteiger partial charge is 0.573 e. The molecule has 5 rings (SSSR count). The number of carbonyl (C=O) groups is 1. The molecule has 1 N–H and O–H groups in total. The summed E-state index contributed by atoms with van der Waals surface area (Å²) in [5, 5.41) is 2.67. The number of hydrogen-bond donors (Lipinski definition) is 1. The van der Waals surface area contributed by atoms with Gasteiger partial charge in [0.2, 0.25) is 11.0 Å². The Bertz CT molecular complexity index is 1620. The first kappa shape index (κ1) is 26.6. The number of fused-ring (bicyclic) bond motifs is 1. The Balaban J connectivity index is 1.26. The molecule has 204 valence electrons. The lowest BCUT2D eigenvalue weighted by molar-refractivity contribution is -0.274. The highest BCUT2D eigenvalue weighted by Crippen LogP contribution is 2.31. The van der Waals surface area contributed by atoms with Gasteiger partial charge in [0, 0.05) is 36.3 Å². The number of benzene rings is 2. The van der Waals surface area contributed by atoms with Crippen LogP contribution < -0.4 is 10.1 Å². The molecule has 1 aliphatic heterocycles. The predicted octanol–water partition coefficient (Wildman–Crippen LogP) is 5.00. The van der Waals surface area contributed by atoms with Crippen LogP contribution in [0.4, 0.5) is 17.6 Å². The quantitative estimate of drug-likeness (QED) is 0.318. The predicted molar refractivity (Wildman–Crippen MR) is 131 cm³/mol. The van der Waals surface area contributed by atoms with Crippen LogP contribution >= 0.6 is 0 Å². The molecule has 1 atom stereocenters. The minimum absolute atomic E-state index is 0.0674. The number of aromatic nitrogens is 1. The summed E-state index contributed by atoms with van der Waals surface area (Å²) in [6.07, 6.45) is -2.52. The van der Waals surface area contributed by atoms with Crippen molar-refractivity contribution in [2.75, 3.05) is 6.54 Å². The third-order valence-electron chi connectivity index (χ3n) is 6.20. The van der Waals surface area contributed by atoms with E-state index in [1.54, 1.807) is 12.1 Å². The van der Waals surface area contributed by atoms with E-state index in [0.29, 0.717) is 35.0 Å². The maximum Gasteiger partial charge on any atom is 0.573 e. The number of nitrogens with zero attached hydrogens (tertiary/aromatic N) is 2. The van der Waals surface area contributed by atoms with Crippen LogP contribution in [-0.2, 0) is 21.4 Å². The normalized spacial score (nSPS) is 16.5. The fraction of sp³-hybridized carbons (Fsp3) is 0.231. The van der Waals surface area contributed by atoms with Crippen molar-refractivity contribution in [3.8, 4) is 17.0 Å². The number of carbonyl (C=O) groups excluding carboxylic acids is 1. The number of pyridine rings is 1. The van der Waals surface area contributed by atoms with Crippen LogP contribution in [0.5, 0.6) is 5.75 Å². The van der Waals surface area contributed by atoms with Gasteiger partial charge in [-0.3, -0.25) is 9.78 Å². The van der Waals surface area contributed by atoms with Crippen molar-refractivity contribution < 1.29 is 39.9 Å². The molecular weight excluding hydrogens is 542 g/mol. The van der Waals surface area contributed by atoms with Crippen molar-refractivity contribution in [1.82, 2.24) is 14.6 Å². The van der Waals surface area contributed by atoms with E-state index < -0.39 is 34.2 Å². The van der Waals surface area contributed by atoms with Gasteiger partial charge >= 0.3 is 6.36 Å². The van der Waals surface area contributed by atoms with Crippen LogP contribution in [-0.4, -0.2) is 42.6 Å². The highest BCUT2D eigenvalue weighted by molar-refractivity contribution is 7.89. The van der Waals surface area contributed by atoms with Gasteiger partial charge in [-0.15, -0.1) is 13.2 Å². The molecule has 2 aromatic heterocycles. The maximum atomic E-state index is 13.5. The first-order valence-corrected chi connectivity index (χ1v) is 13.2. The smallest absolute Gasteiger partial charge is 0.443 e. The van der Waals surface area contributed by atoms with Gasteiger partial charge in [-0.2, -0.15) is 4.31 Å². The Kier molecular flexibility index (Phi) is 7.03. The summed E-state index contributed by atoms with van der Waals surface area (Å²) in [5.74, 6) is -1.39. The van der Waals surface area contributed by atoms with Gasteiger partial charge in [-0.25, -0.2) is 12.8 Å². The molecule has 1 amide bonds. The molecule has 0 aliphatic carbocycles. The second-order valence-electron chi connectivity index (χ2n) is 8.86. The highest BCUT2D eigenvalue weighted by atomic mass is 32.2. The molecule has 0 spiro atoms. The number of sulfonamides is 1. The number of amides is 1. The van der Waals surface area contributed by atoms with Crippen LogP contribution in [0.3, 0.4) is 0 Å². The van der Waals surface area contributed by atoms with Crippen molar-refractivity contribution in [3.63, 3.8) is 0 Å². The molecule has 13 heteroatoms. The second kappa shape index (κ2) is 10.3. The van der Waals surface area contributed by atoms with E-state index in [1.807, 2.05) is 0 Å². The number of ether oxygens (including phenoxy) is 1. The number of hydrogen-bond acceptors (Lipinski definition) is 6. The van der Waals surface area contributed by atoms with E-state index in [0.717, 1.165) is 10.4 Å². The fourth-order valence-corrected chi connectivity index (χ4v) is 6.01. The van der Waals surface area contributed by atoms with E-state index in [9.17, 15) is 30.8 Å². The molecule has 1 aliphatic rings. The van der Waals surface area contributed by atoms with E-state index in [2.05, 4.69) is 15.0 Å². The van der Waals surface area contributed by atoms with Crippen LogP contribution in [0.15, 0.2) is 76.4 Å². The molecule has 1 fully saturated rings. The van der Waals surface area contributed by atoms with Crippen molar-refractivity contribution in [1.29, 1.82) is 0 Å². The summed E-state index contributed by atoms with van der Waals surface area (Å²) in [6.45, 7) is 0.192. The number of halogens is 4. The lowest BCUT2D eigenvalue weighted by atomic mass is 10.1. The van der Waals surface area contributed by atoms with E-state index in [4.69, 9.17) is 4.42 Å². The molecule has 1 saturated heterocycles. The topological polar surface area (TPSA) is 102 Å². The molecular formula is C26H21F4N3O5S. The minimum Gasteiger partial charge on any atom is -0.443 e. The zero-order valence-electron chi connectivity index (χ0n) is 20.1. The van der Waals surface area contributed by atoms with Crippen LogP contribution in [0.2, 0.25) is 0 Å². The summed E-state index contributed by atoms with van der Waals surface area (Å²) in [6, 6.07) is 12.5. The first-order chi connectivity index (χ1) is 18.5. The van der Waals surface area contributed by atoms with Crippen molar-refractivity contribution in [2.24, 2.45) is 0 Å². The van der Waals surface area contributed by atoms with Gasteiger partial charge in [0.25, 0.3) is 10.0 Å². The minimum atomic E-state index is -4.79. The standard InChI is InChI=1S/C26H21F4N3O5S/c27-19-5-8-23-18(13-19)14-24(37-23)39(35,36)33-11-1-2-22(33)25(34)32-15-16-9-10-31-21(12-16)17-3-6-20(7-4-17)38-26(28,29)30/h3-10,12-14,22H,1-2,11,15H2,(H,32,34)/t22-/m0/s1. The van der Waals surface area contributed by atoms with Gasteiger partial charge < -0.3 is 14.5 Å². The Hall–Kier alpha value is -3.97. The van der Waals surface area contributed by atoms with Crippen molar-refractivity contribution >= 4 is 26.9 Å². The molecule has 39 heavy (non-hydrogen) atoms. The highest BCUT2D eigenvalue weighted by Gasteiger charge is 2.41. The molecule has 0 radical (unpaired) electrons. The third-order valence-corrected chi connectivity index (χ3v) is 7.96. The molecule has 4 aromatic rings. The fourth-order valence-electron chi connectivity index (χ4n) is 4.40. The van der Waals surface area contributed by atoms with Gasteiger partial charge in [0.15, 0.2) is 0 Å². The Morgan fingerprint density at radius 3 is 2.62 bits per heavy atom. The van der Waals surface area contributed by atoms with Crippen LogP contribution in [0, 0.1) is 5.82 Å². The Morgan fingerprint density at radius 1 is 1.10 bits per heavy atom. The second-order valence-corrected chi connectivity index (χ2v) is 10.7. The van der Waals surface area contributed by atoms with Gasteiger partial charge in [0.1, 0.15) is 23.2 Å². The van der Waals surface area contributed by atoms with Gasteiger partial charge in [-0.05, 0) is 73.0 Å². The number of nitrogens with one attached hydrogen (secondary N) is 1.